The van der Waals surface area contributed by atoms with Crippen LogP contribution in [-0.4, -0.2) is 23.4 Å². The lowest BCUT2D eigenvalue weighted by Crippen LogP contribution is -2.13. The van der Waals surface area contributed by atoms with Crippen molar-refractivity contribution in [1.29, 1.82) is 0 Å². The second kappa shape index (κ2) is 8.61. The summed E-state index contributed by atoms with van der Waals surface area (Å²) in [6, 6.07) is 6.05. The second-order valence-corrected chi connectivity index (χ2v) is 7.63. The molecule has 1 fully saturated rings. The van der Waals surface area contributed by atoms with Gasteiger partial charge in [0.1, 0.15) is 5.75 Å². The Kier molecular flexibility index (Phi) is 6.81. The van der Waals surface area contributed by atoms with Crippen LogP contribution in [0.25, 0.3) is 0 Å². The molecule has 1 aliphatic carbocycles. The van der Waals surface area contributed by atoms with Gasteiger partial charge in [-0.2, -0.15) is 11.8 Å². The Morgan fingerprint density at radius 2 is 2.00 bits per heavy atom. The maximum Gasteiger partial charge on any atom is 0.176 e. The van der Waals surface area contributed by atoms with Gasteiger partial charge < -0.3 is 4.74 Å². The summed E-state index contributed by atoms with van der Waals surface area (Å²) in [5, 5.41) is 0.668. The number of carbonyl (C=O) groups excluding carboxylic acids is 1. The average Bonchev–Trinajstić information content (AvgIpc) is 2.54. The van der Waals surface area contributed by atoms with Crippen LogP contribution in [0.15, 0.2) is 18.2 Å². The van der Waals surface area contributed by atoms with Crippen LogP contribution in [0.5, 0.6) is 5.75 Å². The first kappa shape index (κ1) is 17.4. The van der Waals surface area contributed by atoms with Crippen molar-refractivity contribution in [3.05, 3.63) is 29.3 Å². The molecule has 1 aromatic rings. The van der Waals surface area contributed by atoms with Gasteiger partial charge >= 0.3 is 0 Å². The summed E-state index contributed by atoms with van der Waals surface area (Å²) in [5.41, 5.74) is 1.96. The number of ketones is 1. The number of carbonyl (C=O) groups is 1. The van der Waals surface area contributed by atoms with E-state index in [4.69, 9.17) is 4.74 Å². The van der Waals surface area contributed by atoms with E-state index in [1.165, 1.54) is 37.7 Å². The Bertz CT molecular complexity index is 490. The zero-order chi connectivity index (χ0) is 15.9. The Morgan fingerprint density at radius 3 is 2.64 bits per heavy atom. The van der Waals surface area contributed by atoms with Crippen LogP contribution in [-0.2, 0) is 0 Å². The van der Waals surface area contributed by atoms with Crippen molar-refractivity contribution in [2.75, 3.05) is 12.4 Å². The highest BCUT2D eigenvalue weighted by atomic mass is 32.2. The molecule has 0 radical (unpaired) electrons. The maximum absolute atomic E-state index is 12.7. The van der Waals surface area contributed by atoms with Crippen molar-refractivity contribution in [1.82, 2.24) is 0 Å². The van der Waals surface area contributed by atoms with Gasteiger partial charge in [-0.05, 0) is 43.4 Å². The fourth-order valence-electron chi connectivity index (χ4n) is 2.91. The molecular weight excluding hydrogens is 292 g/mol. The first-order valence-corrected chi connectivity index (χ1v) is 9.58. The maximum atomic E-state index is 12.7. The summed E-state index contributed by atoms with van der Waals surface area (Å²) in [6.45, 7) is 6.86. The van der Waals surface area contributed by atoms with E-state index in [2.05, 4.69) is 19.9 Å². The van der Waals surface area contributed by atoms with E-state index in [0.717, 1.165) is 11.3 Å². The first-order chi connectivity index (χ1) is 10.6. The zero-order valence-electron chi connectivity index (χ0n) is 14.1. The molecule has 22 heavy (non-hydrogen) atoms. The minimum absolute atomic E-state index is 0.210. The monoisotopic (exact) mass is 320 g/mol. The molecule has 0 atom stereocenters. The van der Waals surface area contributed by atoms with Gasteiger partial charge in [0.05, 0.1) is 17.9 Å². The minimum atomic E-state index is 0.210. The van der Waals surface area contributed by atoms with Crippen molar-refractivity contribution in [2.24, 2.45) is 0 Å². The normalized spacial score (nSPS) is 16.0. The van der Waals surface area contributed by atoms with Gasteiger partial charge in [0.15, 0.2) is 5.78 Å². The van der Waals surface area contributed by atoms with Crippen molar-refractivity contribution in [3.8, 4) is 5.75 Å². The quantitative estimate of drug-likeness (QED) is 0.624. The van der Waals surface area contributed by atoms with Crippen LogP contribution in [0, 0.1) is 0 Å². The van der Waals surface area contributed by atoms with Crippen molar-refractivity contribution in [2.45, 2.75) is 64.0 Å². The SMILES string of the molecule is CCOc1ccc(C(C)C)cc1C(=O)CSC1CCCCC1. The van der Waals surface area contributed by atoms with Crippen LogP contribution < -0.4 is 4.74 Å². The third-order valence-electron chi connectivity index (χ3n) is 4.27. The Hall–Kier alpha value is -0.960. The summed E-state index contributed by atoms with van der Waals surface area (Å²) < 4.78 is 5.65. The Balaban J connectivity index is 2.06. The Morgan fingerprint density at radius 1 is 1.27 bits per heavy atom. The molecule has 1 aromatic carbocycles. The molecule has 2 rings (SSSR count). The molecule has 0 aliphatic heterocycles. The predicted octanol–water partition coefficient (Wildman–Crippen LogP) is 5.46. The van der Waals surface area contributed by atoms with Crippen molar-refractivity contribution >= 4 is 17.5 Å². The molecular formula is C19H28O2S. The molecule has 0 aromatic heterocycles. The highest BCUT2D eigenvalue weighted by molar-refractivity contribution is 8.00. The van der Waals surface area contributed by atoms with Gasteiger partial charge in [-0.25, -0.2) is 0 Å². The third kappa shape index (κ3) is 4.77. The number of thioether (sulfide) groups is 1. The first-order valence-electron chi connectivity index (χ1n) is 8.53. The molecule has 0 unspecified atom stereocenters. The van der Waals surface area contributed by atoms with Crippen LogP contribution in [0.1, 0.15) is 74.7 Å². The fourth-order valence-corrected chi connectivity index (χ4v) is 4.12. The largest absolute Gasteiger partial charge is 0.493 e. The molecule has 1 saturated carbocycles. The number of hydrogen-bond acceptors (Lipinski definition) is 3. The van der Waals surface area contributed by atoms with Crippen LogP contribution in [0.2, 0.25) is 0 Å². The number of Topliss-reactive ketones (excluding diaryl/α,β-unsaturated/α-hetero) is 1. The van der Waals surface area contributed by atoms with Gasteiger partial charge in [0, 0.05) is 5.25 Å². The van der Waals surface area contributed by atoms with E-state index in [1.54, 1.807) is 0 Å². The highest BCUT2D eigenvalue weighted by Crippen LogP contribution is 2.30. The van der Waals surface area contributed by atoms with Crippen LogP contribution in [0.3, 0.4) is 0 Å². The van der Waals surface area contributed by atoms with E-state index in [1.807, 2.05) is 30.8 Å². The molecule has 0 bridgehead atoms. The topological polar surface area (TPSA) is 26.3 Å². The number of benzene rings is 1. The van der Waals surface area contributed by atoms with E-state index >= 15 is 0 Å². The van der Waals surface area contributed by atoms with Crippen LogP contribution in [0.4, 0.5) is 0 Å². The standard InChI is InChI=1S/C19H28O2S/c1-4-21-19-11-10-15(14(2)3)12-17(19)18(20)13-22-16-8-6-5-7-9-16/h10-12,14,16H,4-9,13H2,1-3H3. The van der Waals surface area contributed by atoms with Gasteiger partial charge in [0.25, 0.3) is 0 Å². The molecule has 0 saturated heterocycles. The summed E-state index contributed by atoms with van der Waals surface area (Å²) in [6.07, 6.45) is 6.53. The van der Waals surface area contributed by atoms with Gasteiger partial charge in [0.2, 0.25) is 0 Å². The molecule has 0 heterocycles. The van der Waals surface area contributed by atoms with Crippen molar-refractivity contribution in [3.63, 3.8) is 0 Å². The molecule has 0 amide bonds. The van der Waals surface area contributed by atoms with Crippen LogP contribution >= 0.6 is 11.8 Å². The predicted molar refractivity (Wildman–Crippen MR) is 95.4 cm³/mol. The van der Waals surface area contributed by atoms with E-state index < -0.39 is 0 Å². The lowest BCUT2D eigenvalue weighted by Gasteiger charge is -2.21. The summed E-state index contributed by atoms with van der Waals surface area (Å²) in [5.74, 6) is 1.95. The lowest BCUT2D eigenvalue weighted by molar-refractivity contribution is 0.101. The van der Waals surface area contributed by atoms with E-state index in [0.29, 0.717) is 23.5 Å². The molecule has 3 heteroatoms. The van der Waals surface area contributed by atoms with Crippen molar-refractivity contribution < 1.29 is 9.53 Å². The smallest absolute Gasteiger partial charge is 0.176 e. The Labute approximate surface area is 139 Å². The summed E-state index contributed by atoms with van der Waals surface area (Å²) in [7, 11) is 0. The zero-order valence-corrected chi connectivity index (χ0v) is 14.9. The fraction of sp³-hybridized carbons (Fsp3) is 0.632. The minimum Gasteiger partial charge on any atom is -0.493 e. The average molecular weight is 320 g/mol. The van der Waals surface area contributed by atoms with E-state index in [-0.39, 0.29) is 5.78 Å². The summed E-state index contributed by atoms with van der Waals surface area (Å²) in [4.78, 5) is 12.7. The van der Waals surface area contributed by atoms with Gasteiger partial charge in [-0.1, -0.05) is 39.2 Å². The third-order valence-corrected chi connectivity index (χ3v) is 5.64. The van der Waals surface area contributed by atoms with E-state index in [9.17, 15) is 4.79 Å². The molecule has 1 aliphatic rings. The molecule has 2 nitrogen and oxygen atoms in total. The summed E-state index contributed by atoms with van der Waals surface area (Å²) >= 11 is 1.84. The lowest BCUT2D eigenvalue weighted by atomic mass is 9.99. The molecule has 0 N–H and O–H groups in total. The molecule has 122 valence electrons. The number of ether oxygens (including phenoxy) is 1. The highest BCUT2D eigenvalue weighted by Gasteiger charge is 2.19. The second-order valence-electron chi connectivity index (χ2n) is 6.34. The molecule has 0 spiro atoms. The number of rotatable bonds is 7. The van der Waals surface area contributed by atoms with Gasteiger partial charge in [-0.3, -0.25) is 4.79 Å². The number of hydrogen-bond donors (Lipinski definition) is 0. The van der Waals surface area contributed by atoms with Gasteiger partial charge in [-0.15, -0.1) is 0 Å².